The lowest BCUT2D eigenvalue weighted by molar-refractivity contribution is 0.0661. The van der Waals surface area contributed by atoms with Gasteiger partial charge in [0.1, 0.15) is 5.76 Å². The van der Waals surface area contributed by atoms with E-state index in [9.17, 15) is 9.00 Å². The molecule has 0 aliphatic heterocycles. The largest absolute Gasteiger partial charge is 0.475 e. The van der Waals surface area contributed by atoms with Crippen LogP contribution >= 0.6 is 0 Å². The van der Waals surface area contributed by atoms with Crippen LogP contribution in [0.3, 0.4) is 0 Å². The molecule has 0 aliphatic carbocycles. The van der Waals surface area contributed by atoms with Gasteiger partial charge >= 0.3 is 5.97 Å². The predicted octanol–water partition coefficient (Wildman–Crippen LogP) is 1.41. The Bertz CT molecular complexity index is 367. The molecule has 14 heavy (non-hydrogen) atoms. The molecule has 1 atom stereocenters. The lowest BCUT2D eigenvalue weighted by Gasteiger charge is -1.94. The number of carboxylic acids is 1. The summed E-state index contributed by atoms with van der Waals surface area (Å²) in [6, 6.07) is 2.87. The van der Waals surface area contributed by atoms with Gasteiger partial charge in [-0.05, 0) is 12.1 Å². The predicted molar refractivity (Wildman–Crippen MR) is 52.6 cm³/mol. The van der Waals surface area contributed by atoms with E-state index in [0.717, 1.165) is 0 Å². The molecule has 1 aromatic rings. The molecule has 0 saturated carbocycles. The zero-order chi connectivity index (χ0) is 10.6. The molecule has 0 amide bonds. The molecule has 0 fully saturated rings. The summed E-state index contributed by atoms with van der Waals surface area (Å²) < 4.78 is 16.2. The Morgan fingerprint density at radius 2 is 2.36 bits per heavy atom. The van der Waals surface area contributed by atoms with E-state index in [1.165, 1.54) is 12.1 Å². The van der Waals surface area contributed by atoms with Crippen LogP contribution in [0.25, 0.3) is 0 Å². The van der Waals surface area contributed by atoms with E-state index in [-0.39, 0.29) is 11.5 Å². The van der Waals surface area contributed by atoms with E-state index >= 15 is 0 Å². The van der Waals surface area contributed by atoms with Crippen LogP contribution in [0.1, 0.15) is 16.3 Å². The Kier molecular flexibility index (Phi) is 3.64. The van der Waals surface area contributed by atoms with Crippen LogP contribution < -0.4 is 0 Å². The molecular formula is C9H10O4S. The molecular weight excluding hydrogens is 204 g/mol. The highest BCUT2D eigenvalue weighted by atomic mass is 32.2. The molecule has 5 heteroatoms. The van der Waals surface area contributed by atoms with Crippen LogP contribution in [0, 0.1) is 0 Å². The van der Waals surface area contributed by atoms with Gasteiger partial charge in [-0.25, -0.2) is 4.79 Å². The van der Waals surface area contributed by atoms with Gasteiger partial charge in [0, 0.05) is 16.6 Å². The molecule has 0 radical (unpaired) electrons. The maximum atomic E-state index is 11.2. The minimum atomic E-state index is -1.12. The van der Waals surface area contributed by atoms with Crippen LogP contribution in [0.5, 0.6) is 0 Å². The lowest BCUT2D eigenvalue weighted by Crippen LogP contribution is -1.97. The van der Waals surface area contributed by atoms with E-state index < -0.39 is 16.8 Å². The van der Waals surface area contributed by atoms with Crippen LogP contribution in [-0.2, 0) is 16.6 Å². The average Bonchev–Trinajstić information content (AvgIpc) is 2.53. The van der Waals surface area contributed by atoms with Crippen LogP contribution in [0.15, 0.2) is 29.2 Å². The summed E-state index contributed by atoms with van der Waals surface area (Å²) in [6.07, 6.45) is 1.55. The monoisotopic (exact) mass is 214 g/mol. The third kappa shape index (κ3) is 2.85. The molecule has 1 aromatic heterocycles. The van der Waals surface area contributed by atoms with Gasteiger partial charge in [0.05, 0.1) is 5.75 Å². The highest BCUT2D eigenvalue weighted by Crippen LogP contribution is 2.10. The lowest BCUT2D eigenvalue weighted by atomic mass is 10.4. The van der Waals surface area contributed by atoms with Gasteiger partial charge in [-0.15, -0.1) is 6.58 Å². The van der Waals surface area contributed by atoms with E-state index in [4.69, 9.17) is 9.52 Å². The van der Waals surface area contributed by atoms with E-state index in [0.29, 0.717) is 11.5 Å². The second-order valence-electron chi connectivity index (χ2n) is 2.61. The van der Waals surface area contributed by atoms with Gasteiger partial charge in [-0.2, -0.15) is 0 Å². The number of carboxylic acid groups (broad SMARTS) is 1. The molecule has 1 rings (SSSR count). The SMILES string of the molecule is C=CCS(=O)Cc1ccc(C(=O)O)o1. The summed E-state index contributed by atoms with van der Waals surface area (Å²) in [4.78, 5) is 10.4. The smallest absolute Gasteiger partial charge is 0.371 e. The average molecular weight is 214 g/mol. The standard InChI is InChI=1S/C9H10O4S/c1-2-5-14(12)6-7-3-4-8(13-7)9(10)11/h2-4H,1,5-6H2,(H,10,11). The molecule has 0 spiro atoms. The van der Waals surface area contributed by atoms with Crippen molar-refractivity contribution in [3.05, 3.63) is 36.3 Å². The van der Waals surface area contributed by atoms with Crippen molar-refractivity contribution in [2.45, 2.75) is 5.75 Å². The zero-order valence-electron chi connectivity index (χ0n) is 7.43. The molecule has 0 saturated heterocycles. The Morgan fingerprint density at radius 1 is 1.64 bits per heavy atom. The van der Waals surface area contributed by atoms with E-state index in [1.807, 2.05) is 0 Å². The third-order valence-electron chi connectivity index (χ3n) is 1.48. The van der Waals surface area contributed by atoms with Gasteiger partial charge < -0.3 is 9.52 Å². The number of hydrogen-bond acceptors (Lipinski definition) is 3. The molecule has 76 valence electrons. The molecule has 1 unspecified atom stereocenters. The first-order valence-electron chi connectivity index (χ1n) is 3.91. The van der Waals surface area contributed by atoms with Crippen molar-refractivity contribution in [1.82, 2.24) is 0 Å². The number of carbonyl (C=O) groups is 1. The Balaban J connectivity index is 2.64. The summed E-state index contributed by atoms with van der Waals surface area (Å²) in [5.41, 5.74) is 0. The van der Waals surface area contributed by atoms with Crippen LogP contribution in [0.4, 0.5) is 0 Å². The third-order valence-corrected chi connectivity index (χ3v) is 2.69. The summed E-state index contributed by atoms with van der Waals surface area (Å²) in [6.45, 7) is 3.46. The first kappa shape index (κ1) is 10.7. The van der Waals surface area contributed by atoms with Gasteiger partial charge in [0.25, 0.3) is 0 Å². The molecule has 1 N–H and O–H groups in total. The number of aromatic carboxylic acids is 1. The summed E-state index contributed by atoms with van der Waals surface area (Å²) in [5.74, 6) is -0.230. The maximum Gasteiger partial charge on any atom is 0.371 e. The molecule has 0 aliphatic rings. The second-order valence-corrected chi connectivity index (χ2v) is 4.11. The maximum absolute atomic E-state index is 11.2. The topological polar surface area (TPSA) is 67.5 Å². The normalized spacial score (nSPS) is 12.3. The highest BCUT2D eigenvalue weighted by molar-refractivity contribution is 7.84. The van der Waals surface area contributed by atoms with Crippen molar-refractivity contribution in [3.63, 3.8) is 0 Å². The highest BCUT2D eigenvalue weighted by Gasteiger charge is 2.10. The van der Waals surface area contributed by atoms with Crippen molar-refractivity contribution in [1.29, 1.82) is 0 Å². The van der Waals surface area contributed by atoms with Crippen molar-refractivity contribution < 1.29 is 18.5 Å². The van der Waals surface area contributed by atoms with Crippen molar-refractivity contribution >= 4 is 16.8 Å². The first-order valence-corrected chi connectivity index (χ1v) is 5.40. The number of rotatable bonds is 5. The number of furan rings is 1. The quantitative estimate of drug-likeness (QED) is 0.752. The molecule has 0 aromatic carbocycles. The van der Waals surface area contributed by atoms with E-state index in [1.54, 1.807) is 6.08 Å². The van der Waals surface area contributed by atoms with Crippen LogP contribution in [-0.4, -0.2) is 21.0 Å². The summed E-state index contributed by atoms with van der Waals surface area (Å²) in [5, 5.41) is 8.55. The van der Waals surface area contributed by atoms with Crippen LogP contribution in [0.2, 0.25) is 0 Å². The fourth-order valence-electron chi connectivity index (χ4n) is 0.919. The van der Waals surface area contributed by atoms with Gasteiger partial charge in [0.2, 0.25) is 5.76 Å². The summed E-state index contributed by atoms with van der Waals surface area (Å²) in [7, 11) is -1.08. The first-order chi connectivity index (χ1) is 6.63. The molecule has 4 nitrogen and oxygen atoms in total. The molecule has 1 heterocycles. The Morgan fingerprint density at radius 3 is 2.86 bits per heavy atom. The Hall–Kier alpha value is -1.36. The minimum absolute atomic E-state index is 0.129. The van der Waals surface area contributed by atoms with Gasteiger partial charge in [-0.1, -0.05) is 6.08 Å². The van der Waals surface area contributed by atoms with E-state index in [2.05, 4.69) is 6.58 Å². The van der Waals surface area contributed by atoms with Crippen molar-refractivity contribution in [2.75, 3.05) is 5.75 Å². The fraction of sp³-hybridized carbons (Fsp3) is 0.222. The summed E-state index contributed by atoms with van der Waals surface area (Å²) >= 11 is 0. The van der Waals surface area contributed by atoms with Crippen molar-refractivity contribution in [2.24, 2.45) is 0 Å². The zero-order valence-corrected chi connectivity index (χ0v) is 8.25. The van der Waals surface area contributed by atoms with Gasteiger partial charge in [0.15, 0.2) is 0 Å². The number of hydrogen-bond donors (Lipinski definition) is 1. The minimum Gasteiger partial charge on any atom is -0.475 e. The fourth-order valence-corrected chi connectivity index (χ4v) is 1.77. The Labute approximate surface area is 83.7 Å². The van der Waals surface area contributed by atoms with Gasteiger partial charge in [-0.3, -0.25) is 4.21 Å². The second kappa shape index (κ2) is 4.76. The van der Waals surface area contributed by atoms with Crippen molar-refractivity contribution in [3.8, 4) is 0 Å². The molecule has 0 bridgehead atoms.